The van der Waals surface area contributed by atoms with Gasteiger partial charge in [-0.3, -0.25) is 0 Å². The van der Waals surface area contributed by atoms with Crippen LogP contribution in [0.15, 0.2) is 37.0 Å². The minimum atomic E-state index is 0.861. The van der Waals surface area contributed by atoms with Gasteiger partial charge in [0.2, 0.25) is 0 Å². The van der Waals surface area contributed by atoms with Gasteiger partial charge in [0.1, 0.15) is 0 Å². The van der Waals surface area contributed by atoms with E-state index >= 15 is 0 Å². The van der Waals surface area contributed by atoms with Gasteiger partial charge in [0.05, 0.1) is 0 Å². The molecule has 0 amide bonds. The molecule has 1 aromatic rings. The van der Waals surface area contributed by atoms with Crippen LogP contribution in [0.25, 0.3) is 0 Å². The van der Waals surface area contributed by atoms with Crippen LogP contribution >= 0.6 is 22.6 Å². The summed E-state index contributed by atoms with van der Waals surface area (Å²) in [6.45, 7) is 4.45. The molecule has 0 aliphatic rings. The fraction of sp³-hybridized carbons (Fsp3) is 0.111. The van der Waals surface area contributed by atoms with Gasteiger partial charge in [-0.2, -0.15) is 0 Å². The molecule has 58 valence electrons. The van der Waals surface area contributed by atoms with Crippen molar-refractivity contribution in [1.82, 2.24) is 5.32 Å². The SMILES string of the molecule is C=CNCc1cccc(I)c1. The Morgan fingerprint density at radius 1 is 1.55 bits per heavy atom. The van der Waals surface area contributed by atoms with Crippen LogP contribution in [0.4, 0.5) is 0 Å². The molecule has 0 radical (unpaired) electrons. The first-order chi connectivity index (χ1) is 5.33. The lowest BCUT2D eigenvalue weighted by Crippen LogP contribution is -2.03. The lowest BCUT2D eigenvalue weighted by atomic mass is 10.2. The normalized spacial score (nSPS) is 9.18. The first kappa shape index (κ1) is 8.59. The zero-order valence-corrected chi connectivity index (χ0v) is 8.34. The maximum absolute atomic E-state index is 3.59. The summed E-state index contributed by atoms with van der Waals surface area (Å²) in [5.74, 6) is 0. The highest BCUT2D eigenvalue weighted by Crippen LogP contribution is 2.06. The Morgan fingerprint density at radius 3 is 3.00 bits per heavy atom. The molecule has 1 nitrogen and oxygen atoms in total. The first-order valence-electron chi connectivity index (χ1n) is 3.41. The molecule has 0 unspecified atom stereocenters. The number of hydrogen-bond acceptors (Lipinski definition) is 1. The van der Waals surface area contributed by atoms with Gasteiger partial charge < -0.3 is 5.32 Å². The molecule has 0 bridgehead atoms. The minimum absolute atomic E-state index is 0.861. The highest BCUT2D eigenvalue weighted by Gasteiger charge is 1.89. The molecule has 1 aromatic carbocycles. The van der Waals surface area contributed by atoms with Crippen molar-refractivity contribution < 1.29 is 0 Å². The summed E-state index contributed by atoms with van der Waals surface area (Å²) in [6, 6.07) is 8.38. The quantitative estimate of drug-likeness (QED) is 0.822. The van der Waals surface area contributed by atoms with Gasteiger partial charge in [-0.15, -0.1) is 0 Å². The summed E-state index contributed by atoms with van der Waals surface area (Å²) in [4.78, 5) is 0. The van der Waals surface area contributed by atoms with Crippen LogP contribution in [0, 0.1) is 3.57 Å². The summed E-state index contributed by atoms with van der Waals surface area (Å²) < 4.78 is 1.27. The summed E-state index contributed by atoms with van der Waals surface area (Å²) in [7, 11) is 0. The molecule has 2 heteroatoms. The highest BCUT2D eigenvalue weighted by atomic mass is 127. The monoisotopic (exact) mass is 259 g/mol. The molecule has 0 atom stereocenters. The Morgan fingerprint density at radius 2 is 2.36 bits per heavy atom. The van der Waals surface area contributed by atoms with E-state index in [-0.39, 0.29) is 0 Å². The van der Waals surface area contributed by atoms with Crippen molar-refractivity contribution in [3.63, 3.8) is 0 Å². The Bertz CT molecular complexity index is 245. The van der Waals surface area contributed by atoms with E-state index in [0.29, 0.717) is 0 Å². The van der Waals surface area contributed by atoms with Crippen molar-refractivity contribution >= 4 is 22.6 Å². The number of hydrogen-bond donors (Lipinski definition) is 1. The van der Waals surface area contributed by atoms with Gasteiger partial charge in [0, 0.05) is 10.1 Å². The lowest BCUT2D eigenvalue weighted by Gasteiger charge is -2.00. The van der Waals surface area contributed by atoms with E-state index in [1.165, 1.54) is 9.13 Å². The average Bonchev–Trinajstić information content (AvgIpc) is 2.01. The number of nitrogens with one attached hydrogen (secondary N) is 1. The first-order valence-corrected chi connectivity index (χ1v) is 4.49. The molecule has 0 spiro atoms. The summed E-state index contributed by atoms with van der Waals surface area (Å²) >= 11 is 2.30. The molecule has 0 aliphatic heterocycles. The van der Waals surface area contributed by atoms with Crippen molar-refractivity contribution in [1.29, 1.82) is 0 Å². The van der Waals surface area contributed by atoms with Crippen molar-refractivity contribution in [3.05, 3.63) is 46.2 Å². The van der Waals surface area contributed by atoms with Gasteiger partial charge in [-0.1, -0.05) is 18.7 Å². The molecule has 0 aromatic heterocycles. The Balaban J connectivity index is 2.63. The molecule has 11 heavy (non-hydrogen) atoms. The second kappa shape index (κ2) is 4.38. The lowest BCUT2D eigenvalue weighted by molar-refractivity contribution is 0.872. The van der Waals surface area contributed by atoms with Gasteiger partial charge >= 0.3 is 0 Å². The van der Waals surface area contributed by atoms with Crippen LogP contribution in [0.2, 0.25) is 0 Å². The van der Waals surface area contributed by atoms with E-state index in [9.17, 15) is 0 Å². The summed E-state index contributed by atoms with van der Waals surface area (Å²) in [6.07, 6.45) is 1.71. The van der Waals surface area contributed by atoms with Crippen LogP contribution in [0.5, 0.6) is 0 Å². The maximum atomic E-state index is 3.59. The van der Waals surface area contributed by atoms with E-state index in [2.05, 4.69) is 58.8 Å². The van der Waals surface area contributed by atoms with Crippen LogP contribution in [-0.4, -0.2) is 0 Å². The summed E-state index contributed by atoms with van der Waals surface area (Å²) in [5.41, 5.74) is 1.29. The molecular weight excluding hydrogens is 249 g/mol. The number of benzene rings is 1. The molecule has 1 rings (SSSR count). The predicted octanol–water partition coefficient (Wildman–Crippen LogP) is 2.52. The number of halogens is 1. The minimum Gasteiger partial charge on any atom is -0.387 e. The standard InChI is InChI=1S/C9H10IN/c1-2-11-7-8-4-3-5-9(10)6-8/h2-6,11H,1,7H2. The predicted molar refractivity (Wildman–Crippen MR) is 56.2 cm³/mol. The van der Waals surface area contributed by atoms with Crippen LogP contribution in [0.3, 0.4) is 0 Å². The van der Waals surface area contributed by atoms with E-state index in [1.807, 2.05) is 0 Å². The van der Waals surface area contributed by atoms with Gasteiger partial charge in [-0.05, 0) is 46.5 Å². The van der Waals surface area contributed by atoms with E-state index < -0.39 is 0 Å². The molecular formula is C9H10IN. The zero-order chi connectivity index (χ0) is 8.10. The number of rotatable bonds is 3. The average molecular weight is 259 g/mol. The van der Waals surface area contributed by atoms with Gasteiger partial charge in [-0.25, -0.2) is 0 Å². The Hall–Kier alpha value is -0.510. The third-order valence-electron chi connectivity index (χ3n) is 1.34. The maximum Gasteiger partial charge on any atom is 0.0395 e. The Labute approximate surface area is 80.6 Å². The third kappa shape index (κ3) is 2.93. The smallest absolute Gasteiger partial charge is 0.0395 e. The fourth-order valence-corrected chi connectivity index (χ4v) is 1.44. The molecule has 0 saturated carbocycles. The molecule has 0 heterocycles. The van der Waals surface area contributed by atoms with E-state index in [0.717, 1.165) is 6.54 Å². The van der Waals surface area contributed by atoms with Crippen molar-refractivity contribution in [3.8, 4) is 0 Å². The molecule has 0 fully saturated rings. The van der Waals surface area contributed by atoms with Gasteiger partial charge in [0.15, 0.2) is 0 Å². The zero-order valence-electron chi connectivity index (χ0n) is 6.18. The van der Waals surface area contributed by atoms with Crippen molar-refractivity contribution in [2.75, 3.05) is 0 Å². The molecule has 1 N–H and O–H groups in total. The van der Waals surface area contributed by atoms with E-state index in [1.54, 1.807) is 6.20 Å². The second-order valence-corrected chi connectivity index (χ2v) is 3.46. The topological polar surface area (TPSA) is 12.0 Å². The molecule has 0 saturated heterocycles. The van der Waals surface area contributed by atoms with Crippen molar-refractivity contribution in [2.45, 2.75) is 6.54 Å². The summed E-state index contributed by atoms with van der Waals surface area (Å²) in [5, 5.41) is 3.05. The highest BCUT2D eigenvalue weighted by molar-refractivity contribution is 14.1. The largest absolute Gasteiger partial charge is 0.387 e. The van der Waals surface area contributed by atoms with Crippen LogP contribution in [-0.2, 0) is 6.54 Å². The molecule has 0 aliphatic carbocycles. The van der Waals surface area contributed by atoms with Gasteiger partial charge in [0.25, 0.3) is 0 Å². The van der Waals surface area contributed by atoms with Crippen LogP contribution in [0.1, 0.15) is 5.56 Å². The van der Waals surface area contributed by atoms with Crippen LogP contribution < -0.4 is 5.32 Å². The third-order valence-corrected chi connectivity index (χ3v) is 2.01. The van der Waals surface area contributed by atoms with E-state index in [4.69, 9.17) is 0 Å². The Kier molecular flexibility index (Phi) is 3.42. The second-order valence-electron chi connectivity index (χ2n) is 2.21. The fourth-order valence-electron chi connectivity index (χ4n) is 0.837. The van der Waals surface area contributed by atoms with Crippen molar-refractivity contribution in [2.24, 2.45) is 0 Å².